The number of hydrogen-bond donors (Lipinski definition) is 2. The molecule has 1 atom stereocenters. The number of carbonyl (C=O) groups is 2. The van der Waals surface area contributed by atoms with Crippen molar-refractivity contribution < 1.29 is 14.7 Å². The van der Waals surface area contributed by atoms with E-state index >= 15 is 0 Å². The molecule has 130 valence electrons. The van der Waals surface area contributed by atoms with E-state index in [9.17, 15) is 14.7 Å². The van der Waals surface area contributed by atoms with Crippen LogP contribution in [0, 0.1) is 0 Å². The van der Waals surface area contributed by atoms with Gasteiger partial charge in [-0.3, -0.25) is 4.79 Å². The summed E-state index contributed by atoms with van der Waals surface area (Å²) in [5.41, 5.74) is 2.46. The molecule has 0 amide bonds. The summed E-state index contributed by atoms with van der Waals surface area (Å²) in [6.07, 6.45) is 0.323. The van der Waals surface area contributed by atoms with E-state index in [1.54, 1.807) is 48.5 Å². The van der Waals surface area contributed by atoms with Crippen LogP contribution in [0.4, 0.5) is 5.69 Å². The van der Waals surface area contributed by atoms with Crippen molar-refractivity contribution in [2.24, 2.45) is 0 Å². The van der Waals surface area contributed by atoms with Gasteiger partial charge in [-0.1, -0.05) is 72.8 Å². The molecule has 0 radical (unpaired) electrons. The fourth-order valence-electron chi connectivity index (χ4n) is 2.79. The summed E-state index contributed by atoms with van der Waals surface area (Å²) >= 11 is 0. The highest BCUT2D eigenvalue weighted by atomic mass is 16.4. The van der Waals surface area contributed by atoms with Crippen molar-refractivity contribution in [2.75, 3.05) is 5.32 Å². The minimum atomic E-state index is -0.962. The first-order valence-corrected chi connectivity index (χ1v) is 8.37. The second-order valence-corrected chi connectivity index (χ2v) is 5.97. The van der Waals surface area contributed by atoms with Gasteiger partial charge in [0.15, 0.2) is 5.78 Å². The molecule has 0 spiro atoms. The van der Waals surface area contributed by atoms with E-state index < -0.39 is 12.0 Å². The van der Waals surface area contributed by atoms with Crippen LogP contribution in [0.25, 0.3) is 0 Å². The average Bonchev–Trinajstić information content (AvgIpc) is 2.69. The van der Waals surface area contributed by atoms with Crippen molar-refractivity contribution in [1.29, 1.82) is 0 Å². The van der Waals surface area contributed by atoms with E-state index in [0.29, 0.717) is 23.2 Å². The lowest BCUT2D eigenvalue weighted by atomic mass is 10.00. The second kappa shape index (κ2) is 8.12. The summed E-state index contributed by atoms with van der Waals surface area (Å²) in [7, 11) is 0. The Hall–Kier alpha value is -3.40. The van der Waals surface area contributed by atoms with Crippen molar-refractivity contribution >= 4 is 17.4 Å². The molecule has 0 aliphatic carbocycles. The molecule has 3 aromatic carbocycles. The number of aliphatic carboxylic acids is 1. The molecule has 0 aliphatic rings. The topological polar surface area (TPSA) is 66.4 Å². The zero-order valence-corrected chi connectivity index (χ0v) is 14.1. The lowest BCUT2D eigenvalue weighted by Gasteiger charge is -2.18. The maximum absolute atomic E-state index is 12.8. The number of ketones is 1. The van der Waals surface area contributed by atoms with E-state index in [1.165, 1.54) is 0 Å². The van der Waals surface area contributed by atoms with Gasteiger partial charge in [0.25, 0.3) is 0 Å². The first kappa shape index (κ1) is 17.4. The van der Waals surface area contributed by atoms with Crippen LogP contribution in [0.15, 0.2) is 84.9 Å². The molecule has 2 N–H and O–H groups in total. The van der Waals surface area contributed by atoms with Gasteiger partial charge in [0.2, 0.25) is 0 Å². The van der Waals surface area contributed by atoms with E-state index in [4.69, 9.17) is 0 Å². The number of carbonyl (C=O) groups excluding carboxylic acids is 1. The fraction of sp³-hybridized carbons (Fsp3) is 0.0909. The minimum Gasteiger partial charge on any atom is -0.480 e. The van der Waals surface area contributed by atoms with Crippen LogP contribution < -0.4 is 5.32 Å². The van der Waals surface area contributed by atoms with Crippen molar-refractivity contribution in [1.82, 2.24) is 0 Å². The second-order valence-electron chi connectivity index (χ2n) is 5.97. The number of anilines is 1. The van der Waals surface area contributed by atoms with E-state index in [2.05, 4.69) is 5.32 Å². The summed E-state index contributed by atoms with van der Waals surface area (Å²) < 4.78 is 0. The van der Waals surface area contributed by atoms with Crippen LogP contribution >= 0.6 is 0 Å². The van der Waals surface area contributed by atoms with Gasteiger partial charge in [0.05, 0.1) is 0 Å². The third kappa shape index (κ3) is 4.16. The summed E-state index contributed by atoms with van der Waals surface area (Å²) in [6, 6.07) is 24.5. The summed E-state index contributed by atoms with van der Waals surface area (Å²) in [5, 5.41) is 12.6. The van der Waals surface area contributed by atoms with Gasteiger partial charge in [0.1, 0.15) is 6.04 Å². The fourth-order valence-corrected chi connectivity index (χ4v) is 2.79. The lowest BCUT2D eigenvalue weighted by Crippen LogP contribution is -2.32. The summed E-state index contributed by atoms with van der Waals surface area (Å²) in [6.45, 7) is 0. The summed E-state index contributed by atoms with van der Waals surface area (Å²) in [4.78, 5) is 24.5. The van der Waals surface area contributed by atoms with E-state index in [1.807, 2.05) is 36.4 Å². The molecule has 3 rings (SSSR count). The number of hydrogen-bond acceptors (Lipinski definition) is 3. The molecule has 0 bridgehead atoms. The highest BCUT2D eigenvalue weighted by Crippen LogP contribution is 2.21. The van der Waals surface area contributed by atoms with Gasteiger partial charge >= 0.3 is 5.97 Å². The quantitative estimate of drug-likeness (QED) is 0.635. The van der Waals surface area contributed by atoms with Crippen molar-refractivity contribution in [3.8, 4) is 0 Å². The maximum Gasteiger partial charge on any atom is 0.326 e. The molecule has 0 heterocycles. The Bertz CT molecular complexity index is 892. The molecule has 0 aromatic heterocycles. The molecule has 0 unspecified atom stereocenters. The Labute approximate surface area is 152 Å². The van der Waals surface area contributed by atoms with Gasteiger partial charge in [-0.2, -0.15) is 0 Å². The number of carboxylic acids is 1. The Morgan fingerprint density at radius 1 is 0.808 bits per heavy atom. The predicted octanol–water partition coefficient (Wildman–Crippen LogP) is 4.03. The van der Waals surface area contributed by atoms with Crippen molar-refractivity contribution in [2.45, 2.75) is 12.5 Å². The smallest absolute Gasteiger partial charge is 0.326 e. The molecule has 26 heavy (non-hydrogen) atoms. The Balaban J connectivity index is 1.86. The highest BCUT2D eigenvalue weighted by Gasteiger charge is 2.21. The SMILES string of the molecule is O=C(c1ccccc1)c1ccccc1N[C@@H](Cc1ccccc1)C(=O)O. The van der Waals surface area contributed by atoms with Crippen LogP contribution in [-0.2, 0) is 11.2 Å². The van der Waals surface area contributed by atoms with Crippen LogP contribution in [0.1, 0.15) is 21.5 Å². The van der Waals surface area contributed by atoms with Crippen molar-refractivity contribution in [3.63, 3.8) is 0 Å². The number of carboxylic acid groups (broad SMARTS) is 1. The third-order valence-electron chi connectivity index (χ3n) is 4.12. The molecule has 0 fully saturated rings. The van der Waals surface area contributed by atoms with Gasteiger partial charge in [-0.15, -0.1) is 0 Å². The molecular weight excluding hydrogens is 326 g/mol. The third-order valence-corrected chi connectivity index (χ3v) is 4.12. The first-order chi connectivity index (χ1) is 12.6. The molecule has 4 nitrogen and oxygen atoms in total. The molecule has 3 aromatic rings. The number of benzene rings is 3. The van der Waals surface area contributed by atoms with Crippen LogP contribution in [0.2, 0.25) is 0 Å². The van der Waals surface area contributed by atoms with Crippen LogP contribution in [0.5, 0.6) is 0 Å². The Kier molecular flexibility index (Phi) is 5.44. The van der Waals surface area contributed by atoms with Crippen LogP contribution in [0.3, 0.4) is 0 Å². The van der Waals surface area contributed by atoms with E-state index in [-0.39, 0.29) is 5.78 Å². The Morgan fingerprint density at radius 3 is 2.04 bits per heavy atom. The molecule has 0 aliphatic heterocycles. The normalized spacial score (nSPS) is 11.5. The van der Waals surface area contributed by atoms with Gasteiger partial charge in [0, 0.05) is 23.2 Å². The predicted molar refractivity (Wildman–Crippen MR) is 102 cm³/mol. The monoisotopic (exact) mass is 345 g/mol. The van der Waals surface area contributed by atoms with E-state index in [0.717, 1.165) is 5.56 Å². The zero-order valence-electron chi connectivity index (χ0n) is 14.1. The van der Waals surface area contributed by atoms with Gasteiger partial charge in [-0.25, -0.2) is 4.79 Å². The number of para-hydroxylation sites is 1. The highest BCUT2D eigenvalue weighted by molar-refractivity contribution is 6.12. The molecule has 4 heteroatoms. The van der Waals surface area contributed by atoms with Gasteiger partial charge in [-0.05, 0) is 17.7 Å². The largest absolute Gasteiger partial charge is 0.480 e. The standard InChI is InChI=1S/C22H19NO3/c24-21(17-11-5-2-6-12-17)18-13-7-8-14-19(18)23-20(22(25)26)15-16-9-3-1-4-10-16/h1-14,20,23H,15H2,(H,25,26)/t20-/m0/s1. The molecule has 0 saturated heterocycles. The van der Waals surface area contributed by atoms with Crippen LogP contribution in [-0.4, -0.2) is 22.9 Å². The Morgan fingerprint density at radius 2 is 1.38 bits per heavy atom. The average molecular weight is 345 g/mol. The number of rotatable bonds is 7. The molecular formula is C22H19NO3. The van der Waals surface area contributed by atoms with Crippen molar-refractivity contribution in [3.05, 3.63) is 102 Å². The first-order valence-electron chi connectivity index (χ1n) is 8.37. The zero-order chi connectivity index (χ0) is 18.4. The lowest BCUT2D eigenvalue weighted by molar-refractivity contribution is -0.137. The molecule has 0 saturated carbocycles. The maximum atomic E-state index is 12.8. The summed E-state index contributed by atoms with van der Waals surface area (Å²) in [5.74, 6) is -1.10. The van der Waals surface area contributed by atoms with Gasteiger partial charge < -0.3 is 10.4 Å². The number of nitrogens with one attached hydrogen (secondary N) is 1. The minimum absolute atomic E-state index is 0.141.